The van der Waals surface area contributed by atoms with Gasteiger partial charge in [0.15, 0.2) is 0 Å². The van der Waals surface area contributed by atoms with Crippen LogP contribution in [0.5, 0.6) is 0 Å². The summed E-state index contributed by atoms with van der Waals surface area (Å²) in [5.74, 6) is 0. The van der Waals surface area contributed by atoms with Crippen molar-refractivity contribution in [1.82, 2.24) is 15.1 Å². The number of aryl methyl sites for hydroxylation is 1. The van der Waals surface area contributed by atoms with Crippen molar-refractivity contribution < 1.29 is 5.11 Å². The molecule has 0 atom stereocenters. The summed E-state index contributed by atoms with van der Waals surface area (Å²) in [6.45, 7) is 1.74. The minimum atomic E-state index is -0.702. The lowest BCUT2D eigenvalue weighted by atomic mass is 9.89. The Hall–Kier alpha value is -0.870. The standard InChI is InChI=1S/C9H15N3O/c1-12-7-2-8(11-12)9(13)3-5-10-6-4-9/h2,7,10,13H,3-6H2,1H3. The van der Waals surface area contributed by atoms with Gasteiger partial charge in [0.25, 0.3) is 0 Å². The van der Waals surface area contributed by atoms with Crippen molar-refractivity contribution in [3.8, 4) is 0 Å². The smallest absolute Gasteiger partial charge is 0.111 e. The highest BCUT2D eigenvalue weighted by atomic mass is 16.3. The van der Waals surface area contributed by atoms with Gasteiger partial charge in [0.1, 0.15) is 5.60 Å². The summed E-state index contributed by atoms with van der Waals surface area (Å²) >= 11 is 0. The molecule has 0 aromatic carbocycles. The predicted molar refractivity (Wildman–Crippen MR) is 49.2 cm³/mol. The van der Waals surface area contributed by atoms with Crippen LogP contribution in [0.3, 0.4) is 0 Å². The first-order chi connectivity index (χ1) is 6.21. The number of hydrogen-bond acceptors (Lipinski definition) is 3. The van der Waals surface area contributed by atoms with Gasteiger partial charge in [0.05, 0.1) is 5.69 Å². The SMILES string of the molecule is Cn1ccc(C2(O)CCNCC2)n1. The molecule has 72 valence electrons. The van der Waals surface area contributed by atoms with Crippen LogP contribution in [-0.2, 0) is 12.6 Å². The summed E-state index contributed by atoms with van der Waals surface area (Å²) in [7, 11) is 1.87. The van der Waals surface area contributed by atoms with E-state index in [2.05, 4.69) is 10.4 Å². The molecular weight excluding hydrogens is 166 g/mol. The first kappa shape index (κ1) is 8.72. The Balaban J connectivity index is 2.22. The van der Waals surface area contributed by atoms with Gasteiger partial charge in [-0.3, -0.25) is 4.68 Å². The molecule has 2 rings (SSSR count). The molecule has 0 radical (unpaired) electrons. The van der Waals surface area contributed by atoms with Crippen LogP contribution in [-0.4, -0.2) is 28.0 Å². The van der Waals surface area contributed by atoms with Crippen LogP contribution in [0.25, 0.3) is 0 Å². The van der Waals surface area contributed by atoms with Gasteiger partial charge < -0.3 is 10.4 Å². The molecule has 1 aliphatic heterocycles. The van der Waals surface area contributed by atoms with Crippen molar-refractivity contribution in [3.05, 3.63) is 18.0 Å². The minimum Gasteiger partial charge on any atom is -0.383 e. The average molecular weight is 181 g/mol. The van der Waals surface area contributed by atoms with Crippen molar-refractivity contribution in [2.24, 2.45) is 7.05 Å². The van der Waals surface area contributed by atoms with E-state index < -0.39 is 5.60 Å². The summed E-state index contributed by atoms with van der Waals surface area (Å²) in [5.41, 5.74) is 0.100. The zero-order valence-corrected chi connectivity index (χ0v) is 7.82. The maximum atomic E-state index is 10.2. The highest BCUT2D eigenvalue weighted by Crippen LogP contribution is 2.28. The average Bonchev–Trinajstić information content (AvgIpc) is 2.54. The molecule has 1 fully saturated rings. The van der Waals surface area contributed by atoms with Crippen LogP contribution in [0.1, 0.15) is 18.5 Å². The molecule has 1 aliphatic rings. The predicted octanol–water partition coefficient (Wildman–Crippen LogP) is -0.00890. The van der Waals surface area contributed by atoms with Crippen molar-refractivity contribution in [2.75, 3.05) is 13.1 Å². The topological polar surface area (TPSA) is 50.1 Å². The molecule has 0 aliphatic carbocycles. The van der Waals surface area contributed by atoms with Gasteiger partial charge in [-0.25, -0.2) is 0 Å². The first-order valence-electron chi connectivity index (χ1n) is 4.64. The van der Waals surface area contributed by atoms with Crippen molar-refractivity contribution in [3.63, 3.8) is 0 Å². The summed E-state index contributed by atoms with van der Waals surface area (Å²) in [4.78, 5) is 0. The zero-order chi connectivity index (χ0) is 9.31. The molecule has 1 aromatic rings. The van der Waals surface area contributed by atoms with Gasteiger partial charge in [0, 0.05) is 13.2 Å². The van der Waals surface area contributed by atoms with E-state index in [1.165, 1.54) is 0 Å². The Labute approximate surface area is 77.6 Å². The second kappa shape index (κ2) is 3.12. The molecule has 0 spiro atoms. The van der Waals surface area contributed by atoms with E-state index in [4.69, 9.17) is 0 Å². The maximum Gasteiger partial charge on any atom is 0.111 e. The van der Waals surface area contributed by atoms with Gasteiger partial charge in [-0.2, -0.15) is 5.10 Å². The number of piperidine rings is 1. The Kier molecular flexibility index (Phi) is 2.09. The quantitative estimate of drug-likeness (QED) is 0.640. The molecule has 4 heteroatoms. The fourth-order valence-corrected chi connectivity index (χ4v) is 1.76. The lowest BCUT2D eigenvalue weighted by Crippen LogP contribution is -2.40. The lowest BCUT2D eigenvalue weighted by Gasteiger charge is -2.30. The second-order valence-electron chi connectivity index (χ2n) is 3.66. The van der Waals surface area contributed by atoms with Crippen LogP contribution >= 0.6 is 0 Å². The fraction of sp³-hybridized carbons (Fsp3) is 0.667. The van der Waals surface area contributed by atoms with E-state index in [1.807, 2.05) is 19.3 Å². The van der Waals surface area contributed by atoms with Gasteiger partial charge in [-0.1, -0.05) is 0 Å². The number of nitrogens with one attached hydrogen (secondary N) is 1. The minimum absolute atomic E-state index is 0.702. The molecule has 1 aromatic heterocycles. The summed E-state index contributed by atoms with van der Waals surface area (Å²) in [5, 5.41) is 17.7. The van der Waals surface area contributed by atoms with E-state index in [-0.39, 0.29) is 0 Å². The third-order valence-corrected chi connectivity index (χ3v) is 2.62. The Morgan fingerprint density at radius 2 is 2.23 bits per heavy atom. The molecule has 1 saturated heterocycles. The van der Waals surface area contributed by atoms with Crippen LogP contribution < -0.4 is 5.32 Å². The summed E-state index contributed by atoms with van der Waals surface area (Å²) in [6.07, 6.45) is 3.38. The number of rotatable bonds is 1. The molecule has 2 heterocycles. The van der Waals surface area contributed by atoms with E-state index in [0.29, 0.717) is 0 Å². The Morgan fingerprint density at radius 3 is 2.77 bits per heavy atom. The van der Waals surface area contributed by atoms with Gasteiger partial charge in [-0.05, 0) is 32.0 Å². The number of hydrogen-bond donors (Lipinski definition) is 2. The Morgan fingerprint density at radius 1 is 1.54 bits per heavy atom. The molecular formula is C9H15N3O. The van der Waals surface area contributed by atoms with Crippen LogP contribution in [0, 0.1) is 0 Å². The highest BCUT2D eigenvalue weighted by Gasteiger charge is 2.32. The van der Waals surface area contributed by atoms with Gasteiger partial charge >= 0.3 is 0 Å². The Bertz CT molecular complexity index is 289. The molecule has 4 nitrogen and oxygen atoms in total. The van der Waals surface area contributed by atoms with E-state index >= 15 is 0 Å². The van der Waals surface area contributed by atoms with Crippen molar-refractivity contribution >= 4 is 0 Å². The third kappa shape index (κ3) is 1.59. The fourth-order valence-electron chi connectivity index (χ4n) is 1.76. The largest absolute Gasteiger partial charge is 0.383 e. The lowest BCUT2D eigenvalue weighted by molar-refractivity contribution is 0.00141. The first-order valence-corrected chi connectivity index (χ1v) is 4.64. The molecule has 2 N–H and O–H groups in total. The highest BCUT2D eigenvalue weighted by molar-refractivity contribution is 5.11. The molecule has 0 saturated carbocycles. The van der Waals surface area contributed by atoms with E-state index in [9.17, 15) is 5.11 Å². The summed E-state index contributed by atoms with van der Waals surface area (Å²) in [6, 6.07) is 1.89. The maximum absolute atomic E-state index is 10.2. The molecule has 0 bridgehead atoms. The summed E-state index contributed by atoms with van der Waals surface area (Å²) < 4.78 is 1.73. The normalized spacial score (nSPS) is 21.7. The second-order valence-corrected chi connectivity index (χ2v) is 3.66. The number of aromatic nitrogens is 2. The molecule has 0 amide bonds. The van der Waals surface area contributed by atoms with Crippen molar-refractivity contribution in [1.29, 1.82) is 0 Å². The van der Waals surface area contributed by atoms with E-state index in [0.717, 1.165) is 31.6 Å². The number of aliphatic hydroxyl groups is 1. The van der Waals surface area contributed by atoms with Crippen LogP contribution in [0.15, 0.2) is 12.3 Å². The monoisotopic (exact) mass is 181 g/mol. The van der Waals surface area contributed by atoms with Gasteiger partial charge in [-0.15, -0.1) is 0 Å². The third-order valence-electron chi connectivity index (χ3n) is 2.62. The van der Waals surface area contributed by atoms with Crippen molar-refractivity contribution in [2.45, 2.75) is 18.4 Å². The molecule has 0 unspecified atom stereocenters. The van der Waals surface area contributed by atoms with Crippen LogP contribution in [0.4, 0.5) is 0 Å². The van der Waals surface area contributed by atoms with Gasteiger partial charge in [0.2, 0.25) is 0 Å². The number of nitrogens with zero attached hydrogens (tertiary/aromatic N) is 2. The molecule has 13 heavy (non-hydrogen) atoms. The van der Waals surface area contributed by atoms with Crippen LogP contribution in [0.2, 0.25) is 0 Å². The van der Waals surface area contributed by atoms with E-state index in [1.54, 1.807) is 4.68 Å². The zero-order valence-electron chi connectivity index (χ0n) is 7.82.